The minimum atomic E-state index is -0.527. The molecule has 2 amide bonds. The number of rotatable bonds is 3. The highest BCUT2D eigenvalue weighted by atomic mass is 16.6. The van der Waals surface area contributed by atoms with Gasteiger partial charge in [0.1, 0.15) is 5.60 Å². The van der Waals surface area contributed by atoms with E-state index in [4.69, 9.17) is 4.74 Å². The van der Waals surface area contributed by atoms with Crippen LogP contribution in [0.3, 0.4) is 0 Å². The lowest BCUT2D eigenvalue weighted by atomic mass is 9.93. The Hall–Kier alpha value is -2.30. The normalized spacial score (nSPS) is 22.1. The standard InChI is InChI=1S/C22H30N2O3/c1-14-7-6-8-17(15(14)2)16-9-11-24(12-10-16)20(25)18-13-19(18)23-21(26)27-22(3,4)5/h6-9,18-19H,10-13H2,1-5H3,(H,23,26)/t18-,19-/m1/s1. The Bertz CT molecular complexity index is 776. The number of alkyl carbamates (subject to hydrolysis) is 1. The maximum atomic E-state index is 12.7. The van der Waals surface area contributed by atoms with E-state index in [0.29, 0.717) is 13.0 Å². The van der Waals surface area contributed by atoms with E-state index in [9.17, 15) is 9.59 Å². The van der Waals surface area contributed by atoms with Gasteiger partial charge in [-0.3, -0.25) is 4.79 Å². The molecule has 1 aliphatic heterocycles. The van der Waals surface area contributed by atoms with Gasteiger partial charge in [0.05, 0.1) is 5.92 Å². The van der Waals surface area contributed by atoms with E-state index in [1.54, 1.807) is 0 Å². The number of benzene rings is 1. The van der Waals surface area contributed by atoms with Crippen LogP contribution in [0, 0.1) is 19.8 Å². The van der Waals surface area contributed by atoms with E-state index in [-0.39, 0.29) is 17.9 Å². The number of hydrogen-bond donors (Lipinski definition) is 1. The summed E-state index contributed by atoms with van der Waals surface area (Å²) in [4.78, 5) is 26.5. The van der Waals surface area contributed by atoms with Crippen molar-refractivity contribution in [2.75, 3.05) is 13.1 Å². The van der Waals surface area contributed by atoms with Crippen LogP contribution in [0.2, 0.25) is 0 Å². The zero-order chi connectivity index (χ0) is 19.8. The van der Waals surface area contributed by atoms with Gasteiger partial charge in [-0.1, -0.05) is 24.3 Å². The number of aryl methyl sites for hydroxylation is 1. The smallest absolute Gasteiger partial charge is 0.407 e. The highest BCUT2D eigenvalue weighted by molar-refractivity contribution is 5.85. The van der Waals surface area contributed by atoms with Crippen LogP contribution < -0.4 is 5.32 Å². The molecular weight excluding hydrogens is 340 g/mol. The summed E-state index contributed by atoms with van der Waals surface area (Å²) in [7, 11) is 0. The fraction of sp³-hybridized carbons (Fsp3) is 0.545. The first kappa shape index (κ1) is 19.5. The molecule has 2 aliphatic rings. The number of ether oxygens (including phenoxy) is 1. The zero-order valence-corrected chi connectivity index (χ0v) is 17.0. The van der Waals surface area contributed by atoms with Crippen LogP contribution in [0.15, 0.2) is 24.3 Å². The van der Waals surface area contributed by atoms with Crippen molar-refractivity contribution in [3.05, 3.63) is 41.0 Å². The molecule has 1 saturated carbocycles. The van der Waals surface area contributed by atoms with Crippen LogP contribution >= 0.6 is 0 Å². The predicted octanol–water partition coefficient (Wildman–Crippen LogP) is 3.83. The lowest BCUT2D eigenvalue weighted by Crippen LogP contribution is -2.39. The third-order valence-corrected chi connectivity index (χ3v) is 5.28. The van der Waals surface area contributed by atoms with Gasteiger partial charge in [0, 0.05) is 19.1 Å². The summed E-state index contributed by atoms with van der Waals surface area (Å²) in [6.07, 6.45) is 3.29. The van der Waals surface area contributed by atoms with Gasteiger partial charge in [-0.05, 0) is 69.7 Å². The van der Waals surface area contributed by atoms with Gasteiger partial charge in [0.2, 0.25) is 5.91 Å². The van der Waals surface area contributed by atoms with Crippen LogP contribution in [0.25, 0.3) is 5.57 Å². The van der Waals surface area contributed by atoms with Gasteiger partial charge in [0.15, 0.2) is 0 Å². The molecular formula is C22H30N2O3. The van der Waals surface area contributed by atoms with Crippen molar-refractivity contribution >= 4 is 17.6 Å². The highest BCUT2D eigenvalue weighted by Gasteiger charge is 2.46. The summed E-state index contributed by atoms with van der Waals surface area (Å²) in [6.45, 7) is 11.1. The van der Waals surface area contributed by atoms with Crippen LogP contribution in [0.4, 0.5) is 4.79 Å². The number of hydrogen-bond acceptors (Lipinski definition) is 3. The summed E-state index contributed by atoms with van der Waals surface area (Å²) in [6, 6.07) is 6.28. The molecule has 0 saturated heterocycles. The Morgan fingerprint density at radius 3 is 2.59 bits per heavy atom. The fourth-order valence-corrected chi connectivity index (χ4v) is 3.53. The Kier molecular flexibility index (Phi) is 5.31. The molecule has 0 radical (unpaired) electrons. The molecule has 1 aromatic carbocycles. The lowest BCUT2D eigenvalue weighted by Gasteiger charge is -2.27. The third-order valence-electron chi connectivity index (χ3n) is 5.28. The molecule has 1 fully saturated rings. The van der Waals surface area contributed by atoms with Gasteiger partial charge < -0.3 is 15.0 Å². The number of nitrogens with zero attached hydrogens (tertiary/aromatic N) is 1. The van der Waals surface area contributed by atoms with Gasteiger partial charge in [-0.2, -0.15) is 0 Å². The fourth-order valence-electron chi connectivity index (χ4n) is 3.53. The van der Waals surface area contributed by atoms with E-state index in [0.717, 1.165) is 13.0 Å². The Labute approximate surface area is 161 Å². The molecule has 1 heterocycles. The average Bonchev–Trinajstić information content (AvgIpc) is 3.34. The molecule has 5 heteroatoms. The van der Waals surface area contributed by atoms with Crippen molar-refractivity contribution in [3.8, 4) is 0 Å². The first-order chi connectivity index (χ1) is 12.7. The van der Waals surface area contributed by atoms with E-state index >= 15 is 0 Å². The van der Waals surface area contributed by atoms with Gasteiger partial charge in [0.25, 0.3) is 0 Å². The molecule has 146 valence electrons. The summed E-state index contributed by atoms with van der Waals surface area (Å²) < 4.78 is 5.26. The average molecular weight is 370 g/mol. The molecule has 0 bridgehead atoms. The van der Waals surface area contributed by atoms with Crippen LogP contribution in [-0.2, 0) is 9.53 Å². The van der Waals surface area contributed by atoms with Crippen molar-refractivity contribution in [3.63, 3.8) is 0 Å². The Morgan fingerprint density at radius 2 is 1.96 bits per heavy atom. The van der Waals surface area contributed by atoms with E-state index in [2.05, 4.69) is 43.4 Å². The zero-order valence-electron chi connectivity index (χ0n) is 17.0. The maximum Gasteiger partial charge on any atom is 0.407 e. The van der Waals surface area contributed by atoms with Crippen molar-refractivity contribution in [2.45, 2.75) is 59.1 Å². The summed E-state index contributed by atoms with van der Waals surface area (Å²) >= 11 is 0. The van der Waals surface area contributed by atoms with E-state index < -0.39 is 11.7 Å². The molecule has 1 N–H and O–H groups in total. The maximum absolute atomic E-state index is 12.7. The summed E-state index contributed by atoms with van der Waals surface area (Å²) in [5.74, 6) is 0.0143. The second-order valence-electron chi connectivity index (χ2n) is 8.61. The summed E-state index contributed by atoms with van der Waals surface area (Å²) in [5.41, 5.74) is 4.69. The Morgan fingerprint density at radius 1 is 1.22 bits per heavy atom. The molecule has 0 unspecified atom stereocenters. The molecule has 5 nitrogen and oxygen atoms in total. The third kappa shape index (κ3) is 4.71. The molecule has 1 aliphatic carbocycles. The number of carbonyl (C=O) groups is 2. The number of carbonyl (C=O) groups excluding carboxylic acids is 2. The first-order valence-electron chi connectivity index (χ1n) is 9.69. The molecule has 27 heavy (non-hydrogen) atoms. The number of amides is 2. The van der Waals surface area contributed by atoms with Crippen molar-refractivity contribution in [1.82, 2.24) is 10.2 Å². The van der Waals surface area contributed by atoms with E-state index in [1.165, 1.54) is 22.3 Å². The van der Waals surface area contributed by atoms with Crippen molar-refractivity contribution < 1.29 is 14.3 Å². The minimum absolute atomic E-state index is 0.100. The number of nitrogens with one attached hydrogen (secondary N) is 1. The van der Waals surface area contributed by atoms with Gasteiger partial charge >= 0.3 is 6.09 Å². The van der Waals surface area contributed by atoms with Gasteiger partial charge in [-0.25, -0.2) is 4.79 Å². The predicted molar refractivity (Wildman–Crippen MR) is 106 cm³/mol. The quantitative estimate of drug-likeness (QED) is 0.880. The highest BCUT2D eigenvalue weighted by Crippen LogP contribution is 2.34. The SMILES string of the molecule is Cc1cccc(C2=CCN(C(=O)[C@@H]3C[C@H]3NC(=O)OC(C)(C)C)CC2)c1C. The Balaban J connectivity index is 1.54. The second-order valence-corrected chi connectivity index (χ2v) is 8.61. The van der Waals surface area contributed by atoms with E-state index in [1.807, 2.05) is 25.7 Å². The molecule has 1 aromatic rings. The van der Waals surface area contributed by atoms with Crippen LogP contribution in [0.5, 0.6) is 0 Å². The lowest BCUT2D eigenvalue weighted by molar-refractivity contribution is -0.132. The monoisotopic (exact) mass is 370 g/mol. The van der Waals surface area contributed by atoms with Crippen LogP contribution in [0.1, 0.15) is 50.3 Å². The van der Waals surface area contributed by atoms with Crippen molar-refractivity contribution in [2.24, 2.45) is 5.92 Å². The topological polar surface area (TPSA) is 58.6 Å². The molecule has 0 aromatic heterocycles. The largest absolute Gasteiger partial charge is 0.444 e. The van der Waals surface area contributed by atoms with Gasteiger partial charge in [-0.15, -0.1) is 0 Å². The second kappa shape index (κ2) is 7.37. The molecule has 2 atom stereocenters. The molecule has 3 rings (SSSR count). The van der Waals surface area contributed by atoms with Crippen LogP contribution in [-0.4, -0.2) is 41.6 Å². The molecule has 0 spiro atoms. The summed E-state index contributed by atoms with van der Waals surface area (Å²) in [5, 5.41) is 2.80. The van der Waals surface area contributed by atoms with Crippen molar-refractivity contribution in [1.29, 1.82) is 0 Å². The first-order valence-corrected chi connectivity index (χ1v) is 9.69. The minimum Gasteiger partial charge on any atom is -0.444 e.